The van der Waals surface area contributed by atoms with E-state index in [1.54, 1.807) is 37.4 Å². The minimum atomic E-state index is -0.936. The Balaban J connectivity index is 2.33. The van der Waals surface area contributed by atoms with Crippen LogP contribution in [0.15, 0.2) is 30.3 Å². The van der Waals surface area contributed by atoms with Gasteiger partial charge in [-0.1, -0.05) is 0 Å². The lowest BCUT2D eigenvalue weighted by molar-refractivity contribution is 0.208. The van der Waals surface area contributed by atoms with E-state index >= 15 is 0 Å². The molecule has 1 aromatic carbocycles. The largest absolute Gasteiger partial charge is 0.497 e. The second-order valence-electron chi connectivity index (χ2n) is 4.01. The van der Waals surface area contributed by atoms with Gasteiger partial charge in [0.05, 0.1) is 27.0 Å². The summed E-state index contributed by atoms with van der Waals surface area (Å²) in [4.78, 5) is 0. The molecule has 1 atom stereocenters. The highest BCUT2D eigenvalue weighted by Gasteiger charge is 2.18. The van der Waals surface area contributed by atoms with Gasteiger partial charge in [-0.25, -0.2) is 0 Å². The predicted molar refractivity (Wildman–Crippen MR) is 72.2 cm³/mol. The molecule has 0 saturated carbocycles. The van der Waals surface area contributed by atoms with Gasteiger partial charge in [0.15, 0.2) is 0 Å². The van der Waals surface area contributed by atoms with E-state index in [0.29, 0.717) is 28.6 Å². The maximum absolute atomic E-state index is 10.4. The Kier molecular flexibility index (Phi) is 4.37. The Bertz CT molecular complexity index is 572. The number of aliphatic hydroxyl groups is 1. The van der Waals surface area contributed by atoms with Gasteiger partial charge in [0.2, 0.25) is 5.88 Å². The second kappa shape index (κ2) is 6.21. The third-order valence-corrected chi connectivity index (χ3v) is 2.89. The molecule has 0 fully saturated rings. The first-order valence-corrected chi connectivity index (χ1v) is 5.97. The van der Waals surface area contributed by atoms with Crippen LogP contribution in [0.5, 0.6) is 17.4 Å². The van der Waals surface area contributed by atoms with Crippen molar-refractivity contribution in [2.45, 2.75) is 6.10 Å². The number of rotatable bonds is 5. The van der Waals surface area contributed by atoms with E-state index in [1.807, 2.05) is 0 Å². The van der Waals surface area contributed by atoms with Crippen molar-refractivity contribution in [3.8, 4) is 17.4 Å². The van der Waals surface area contributed by atoms with E-state index in [0.717, 1.165) is 0 Å². The molecule has 1 unspecified atom stereocenters. The molecule has 1 heterocycles. The molecule has 20 heavy (non-hydrogen) atoms. The summed E-state index contributed by atoms with van der Waals surface area (Å²) in [6.07, 6.45) is -0.936. The van der Waals surface area contributed by atoms with Gasteiger partial charge in [0.1, 0.15) is 17.6 Å². The molecule has 0 amide bonds. The Morgan fingerprint density at radius 1 is 0.950 bits per heavy atom. The molecule has 2 aromatic rings. The fourth-order valence-electron chi connectivity index (χ4n) is 1.79. The van der Waals surface area contributed by atoms with Gasteiger partial charge in [-0.2, -0.15) is 0 Å². The van der Waals surface area contributed by atoms with Crippen molar-refractivity contribution < 1.29 is 19.3 Å². The van der Waals surface area contributed by atoms with E-state index in [9.17, 15) is 5.11 Å². The Morgan fingerprint density at radius 3 is 2.30 bits per heavy atom. The Hall–Kier alpha value is -2.34. The fraction of sp³-hybridized carbons (Fsp3) is 0.286. The maximum atomic E-state index is 10.4. The summed E-state index contributed by atoms with van der Waals surface area (Å²) in [7, 11) is 4.61. The number of ether oxygens (including phenoxy) is 3. The lowest BCUT2D eigenvalue weighted by atomic mass is 10.0. The molecule has 6 heteroatoms. The summed E-state index contributed by atoms with van der Waals surface area (Å²) in [5.41, 5.74) is 1.00. The fourth-order valence-corrected chi connectivity index (χ4v) is 1.79. The Morgan fingerprint density at radius 2 is 1.75 bits per heavy atom. The van der Waals surface area contributed by atoms with Gasteiger partial charge >= 0.3 is 0 Å². The van der Waals surface area contributed by atoms with Gasteiger partial charge in [-0.15, -0.1) is 10.2 Å². The molecule has 6 nitrogen and oxygen atoms in total. The molecule has 0 aliphatic rings. The van der Waals surface area contributed by atoms with Crippen molar-refractivity contribution in [2.24, 2.45) is 0 Å². The molecule has 1 aromatic heterocycles. The molecule has 106 valence electrons. The van der Waals surface area contributed by atoms with Crippen LogP contribution in [0.3, 0.4) is 0 Å². The van der Waals surface area contributed by atoms with Crippen LogP contribution in [0, 0.1) is 0 Å². The zero-order chi connectivity index (χ0) is 14.5. The van der Waals surface area contributed by atoms with Crippen molar-refractivity contribution >= 4 is 0 Å². The van der Waals surface area contributed by atoms with E-state index in [2.05, 4.69) is 10.2 Å². The minimum absolute atomic E-state index is 0.391. The number of benzene rings is 1. The number of methoxy groups -OCH3 is 3. The van der Waals surface area contributed by atoms with E-state index in [1.165, 1.54) is 14.2 Å². The number of hydrogen-bond donors (Lipinski definition) is 1. The topological polar surface area (TPSA) is 73.7 Å². The predicted octanol–water partition coefficient (Wildman–Crippen LogP) is 1.58. The van der Waals surface area contributed by atoms with Gasteiger partial charge in [-0.05, 0) is 18.2 Å². The highest BCUT2D eigenvalue weighted by Crippen LogP contribution is 2.32. The highest BCUT2D eigenvalue weighted by molar-refractivity contribution is 5.44. The van der Waals surface area contributed by atoms with Crippen molar-refractivity contribution in [3.05, 3.63) is 41.6 Å². The number of hydrogen-bond acceptors (Lipinski definition) is 6. The van der Waals surface area contributed by atoms with Crippen molar-refractivity contribution in [1.29, 1.82) is 0 Å². The smallest absolute Gasteiger partial charge is 0.233 e. The van der Waals surface area contributed by atoms with Crippen LogP contribution >= 0.6 is 0 Å². The first kappa shape index (κ1) is 14.1. The van der Waals surface area contributed by atoms with E-state index < -0.39 is 6.10 Å². The molecule has 2 rings (SSSR count). The molecule has 0 aliphatic heterocycles. The second-order valence-corrected chi connectivity index (χ2v) is 4.01. The van der Waals surface area contributed by atoms with Crippen LogP contribution in [0.25, 0.3) is 0 Å². The Labute approximate surface area is 116 Å². The molecule has 1 N–H and O–H groups in total. The van der Waals surface area contributed by atoms with Crippen LogP contribution < -0.4 is 14.2 Å². The molecular formula is C14H16N2O4. The van der Waals surface area contributed by atoms with Crippen LogP contribution in [0.2, 0.25) is 0 Å². The summed E-state index contributed by atoms with van der Waals surface area (Å²) >= 11 is 0. The number of nitrogens with zero attached hydrogens (tertiary/aromatic N) is 2. The minimum Gasteiger partial charge on any atom is -0.497 e. The van der Waals surface area contributed by atoms with Gasteiger partial charge < -0.3 is 19.3 Å². The summed E-state index contributed by atoms with van der Waals surface area (Å²) < 4.78 is 15.3. The molecule has 0 spiro atoms. The molecule has 0 saturated heterocycles. The van der Waals surface area contributed by atoms with Gasteiger partial charge in [-0.3, -0.25) is 0 Å². The standard InChI is InChI=1S/C14H16N2O4/c1-18-9-4-5-10(12(8-9)19-2)14(17)11-6-7-13(20-3)16-15-11/h4-8,14,17H,1-3H3. The zero-order valence-corrected chi connectivity index (χ0v) is 11.5. The first-order chi connectivity index (χ1) is 9.69. The van der Waals surface area contributed by atoms with Gasteiger partial charge in [0, 0.05) is 17.7 Å². The van der Waals surface area contributed by atoms with Crippen molar-refractivity contribution in [1.82, 2.24) is 10.2 Å². The van der Waals surface area contributed by atoms with Crippen LogP contribution in [0.1, 0.15) is 17.4 Å². The zero-order valence-electron chi connectivity index (χ0n) is 11.5. The molecular weight excluding hydrogens is 260 g/mol. The van der Waals surface area contributed by atoms with Crippen LogP contribution in [-0.2, 0) is 0 Å². The highest BCUT2D eigenvalue weighted by atomic mass is 16.5. The lowest BCUT2D eigenvalue weighted by Gasteiger charge is -2.15. The van der Waals surface area contributed by atoms with E-state index in [-0.39, 0.29) is 0 Å². The summed E-state index contributed by atoms with van der Waals surface area (Å²) in [5, 5.41) is 18.1. The number of aromatic nitrogens is 2. The number of aliphatic hydroxyl groups excluding tert-OH is 1. The summed E-state index contributed by atoms with van der Waals surface area (Å²) in [5.74, 6) is 1.57. The summed E-state index contributed by atoms with van der Waals surface area (Å²) in [6.45, 7) is 0. The normalized spacial score (nSPS) is 11.8. The molecule has 0 radical (unpaired) electrons. The average Bonchev–Trinajstić information content (AvgIpc) is 2.53. The van der Waals surface area contributed by atoms with Crippen LogP contribution in [0.4, 0.5) is 0 Å². The molecule has 0 aliphatic carbocycles. The third-order valence-electron chi connectivity index (χ3n) is 2.89. The first-order valence-electron chi connectivity index (χ1n) is 5.97. The van der Waals surface area contributed by atoms with E-state index in [4.69, 9.17) is 14.2 Å². The monoisotopic (exact) mass is 276 g/mol. The van der Waals surface area contributed by atoms with Gasteiger partial charge in [0.25, 0.3) is 0 Å². The average molecular weight is 276 g/mol. The molecule has 0 bridgehead atoms. The maximum Gasteiger partial charge on any atom is 0.233 e. The van der Waals surface area contributed by atoms with Crippen LogP contribution in [-0.4, -0.2) is 36.6 Å². The van der Waals surface area contributed by atoms with Crippen molar-refractivity contribution in [2.75, 3.05) is 21.3 Å². The van der Waals surface area contributed by atoms with Crippen molar-refractivity contribution in [3.63, 3.8) is 0 Å². The summed E-state index contributed by atoms with van der Waals surface area (Å²) in [6, 6.07) is 8.48. The third kappa shape index (κ3) is 2.80. The SMILES string of the molecule is COc1ccc(C(O)c2ccc(OC)nn2)c(OC)c1. The lowest BCUT2D eigenvalue weighted by Crippen LogP contribution is -2.06. The quantitative estimate of drug-likeness (QED) is 0.894.